The van der Waals surface area contributed by atoms with Crippen LogP contribution in [-0.4, -0.2) is 17.4 Å². The molecule has 0 saturated heterocycles. The van der Waals surface area contributed by atoms with Gasteiger partial charge in [0.15, 0.2) is 0 Å². The third-order valence-electron chi connectivity index (χ3n) is 1.43. The Morgan fingerprint density at radius 1 is 1.00 bits per heavy atom. The molecule has 0 aromatic heterocycles. The van der Waals surface area contributed by atoms with Crippen molar-refractivity contribution in [1.82, 2.24) is 0 Å². The molecule has 0 fully saturated rings. The molecule has 0 aliphatic carbocycles. The minimum atomic E-state index is -1.72. The minimum absolute atomic E-state index is 0. The molecule has 80 valence electrons. The Morgan fingerprint density at radius 3 is 1.87 bits per heavy atom. The maximum Gasteiger partial charge on any atom is 2.00 e. The Hall–Kier alpha value is -0.892. The van der Waals surface area contributed by atoms with E-state index in [-0.39, 0.29) is 19.5 Å². The van der Waals surface area contributed by atoms with Crippen molar-refractivity contribution in [3.05, 3.63) is 54.6 Å². The summed E-state index contributed by atoms with van der Waals surface area (Å²) >= 11 is 0. The minimum Gasteiger partial charge on any atom is -0.576 e. The molecular formula is C10H11BO3Ru. The van der Waals surface area contributed by atoms with Gasteiger partial charge in [-0.15, -0.1) is 12.1 Å². The summed E-state index contributed by atoms with van der Waals surface area (Å²) in [6.07, 6.45) is 0. The Kier molecular flexibility index (Phi) is 7.92. The molecule has 5 heteroatoms. The van der Waals surface area contributed by atoms with Crippen LogP contribution in [0.4, 0.5) is 0 Å². The van der Waals surface area contributed by atoms with E-state index in [1.165, 1.54) is 0 Å². The van der Waals surface area contributed by atoms with E-state index in [4.69, 9.17) is 10.0 Å². The van der Waals surface area contributed by atoms with Crippen molar-refractivity contribution in [3.8, 4) is 5.75 Å². The summed E-state index contributed by atoms with van der Waals surface area (Å²) in [5.74, 6) is 0.463. The van der Waals surface area contributed by atoms with Crippen molar-refractivity contribution in [2.75, 3.05) is 0 Å². The first kappa shape index (κ1) is 14.1. The molecule has 0 radical (unpaired) electrons. The first-order valence-corrected chi connectivity index (χ1v) is 4.20. The van der Waals surface area contributed by atoms with Crippen molar-refractivity contribution in [2.45, 2.75) is 0 Å². The average Bonchev–Trinajstić information content (AvgIpc) is 2.75. The molecule has 2 aromatic rings. The predicted octanol–water partition coefficient (Wildman–Crippen LogP) is 1.16. The molecule has 0 heterocycles. The van der Waals surface area contributed by atoms with E-state index in [2.05, 4.69) is 4.65 Å². The second-order valence-electron chi connectivity index (χ2n) is 2.53. The van der Waals surface area contributed by atoms with E-state index in [1.54, 1.807) is 24.3 Å². The largest absolute Gasteiger partial charge is 2.00 e. The van der Waals surface area contributed by atoms with Crippen LogP contribution in [0.1, 0.15) is 0 Å². The average molecular weight is 291 g/mol. The van der Waals surface area contributed by atoms with Crippen LogP contribution in [0.25, 0.3) is 0 Å². The summed E-state index contributed by atoms with van der Waals surface area (Å²) in [7, 11) is -1.72. The third kappa shape index (κ3) is 7.09. The zero-order valence-electron chi connectivity index (χ0n) is 7.93. The van der Waals surface area contributed by atoms with Crippen molar-refractivity contribution >= 4 is 7.32 Å². The van der Waals surface area contributed by atoms with Gasteiger partial charge in [-0.05, 0) is 5.75 Å². The number of hydrogen-bond acceptors (Lipinski definition) is 3. The first-order chi connectivity index (χ1) is 6.79. The normalized spacial score (nSPS) is 8.13. The van der Waals surface area contributed by atoms with Crippen molar-refractivity contribution in [2.24, 2.45) is 0 Å². The summed E-state index contributed by atoms with van der Waals surface area (Å²) in [6, 6.07) is 16.8. The van der Waals surface area contributed by atoms with E-state index in [0.717, 1.165) is 0 Å². The van der Waals surface area contributed by atoms with Gasteiger partial charge in [0.1, 0.15) is 0 Å². The maximum atomic E-state index is 8.26. The van der Waals surface area contributed by atoms with E-state index in [9.17, 15) is 0 Å². The molecule has 2 N–H and O–H groups in total. The van der Waals surface area contributed by atoms with E-state index < -0.39 is 7.32 Å². The molecular weight excluding hydrogens is 280 g/mol. The van der Waals surface area contributed by atoms with Gasteiger partial charge in [-0.2, -0.15) is 18.2 Å². The molecule has 3 nitrogen and oxygen atoms in total. The van der Waals surface area contributed by atoms with Crippen LogP contribution in [0.3, 0.4) is 0 Å². The zero-order chi connectivity index (χ0) is 10.2. The fourth-order valence-corrected chi connectivity index (χ4v) is 0.877. The first-order valence-electron chi connectivity index (χ1n) is 4.20. The summed E-state index contributed by atoms with van der Waals surface area (Å²) in [6.45, 7) is 0. The molecule has 15 heavy (non-hydrogen) atoms. The van der Waals surface area contributed by atoms with Crippen molar-refractivity contribution in [1.29, 1.82) is 0 Å². The van der Waals surface area contributed by atoms with Crippen molar-refractivity contribution in [3.63, 3.8) is 0 Å². The molecule has 0 aliphatic rings. The smallest absolute Gasteiger partial charge is 0.576 e. The second-order valence-corrected chi connectivity index (χ2v) is 2.53. The molecule has 2 rings (SSSR count). The van der Waals surface area contributed by atoms with Crippen molar-refractivity contribution < 1.29 is 34.2 Å². The summed E-state index contributed by atoms with van der Waals surface area (Å²) in [4.78, 5) is 0. The monoisotopic (exact) mass is 292 g/mol. The molecule has 2 aromatic carbocycles. The summed E-state index contributed by atoms with van der Waals surface area (Å²) in [5, 5.41) is 16.5. The second kappa shape index (κ2) is 8.42. The summed E-state index contributed by atoms with van der Waals surface area (Å²) in [5.41, 5.74) is 0. The van der Waals surface area contributed by atoms with Crippen LogP contribution in [0.5, 0.6) is 5.75 Å². The fourth-order valence-electron chi connectivity index (χ4n) is 0.877. The van der Waals surface area contributed by atoms with Gasteiger partial charge in [0.2, 0.25) is 0 Å². The molecule has 0 amide bonds. The van der Waals surface area contributed by atoms with Crippen LogP contribution >= 0.6 is 0 Å². The van der Waals surface area contributed by atoms with Gasteiger partial charge in [0.25, 0.3) is 0 Å². The summed E-state index contributed by atoms with van der Waals surface area (Å²) < 4.78 is 4.47. The van der Waals surface area contributed by atoms with Gasteiger partial charge < -0.3 is 14.7 Å². The Morgan fingerprint density at radius 2 is 1.53 bits per heavy atom. The predicted molar refractivity (Wildman–Crippen MR) is 54.9 cm³/mol. The topological polar surface area (TPSA) is 49.7 Å². The van der Waals surface area contributed by atoms with E-state index in [0.29, 0.717) is 5.75 Å². The van der Waals surface area contributed by atoms with E-state index >= 15 is 0 Å². The molecule has 0 bridgehead atoms. The molecule has 0 unspecified atom stereocenters. The zero-order valence-corrected chi connectivity index (χ0v) is 9.67. The third-order valence-corrected chi connectivity index (χ3v) is 1.43. The van der Waals surface area contributed by atoms with Gasteiger partial charge >= 0.3 is 26.8 Å². The number of hydrogen-bond donors (Lipinski definition) is 2. The Balaban J connectivity index is 0.000000280. The van der Waals surface area contributed by atoms with Crippen LogP contribution in [0.15, 0.2) is 54.6 Å². The fraction of sp³-hybridized carbons (Fsp3) is 0. The number of rotatable bonds is 2. The van der Waals surface area contributed by atoms with Gasteiger partial charge in [-0.3, -0.25) is 0 Å². The van der Waals surface area contributed by atoms with Crippen LogP contribution in [0.2, 0.25) is 0 Å². The maximum absolute atomic E-state index is 8.26. The van der Waals surface area contributed by atoms with Crippen LogP contribution in [-0.2, 0) is 19.5 Å². The molecule has 0 spiro atoms. The Bertz CT molecular complexity index is 288. The van der Waals surface area contributed by atoms with Gasteiger partial charge in [-0.1, -0.05) is 0 Å². The SMILES string of the molecule is OB(O)O[c-]1cccc1.[Ru+2].c1cc[cH-]c1. The molecule has 0 atom stereocenters. The van der Waals surface area contributed by atoms with Gasteiger partial charge in [0, 0.05) is 0 Å². The van der Waals surface area contributed by atoms with Gasteiger partial charge in [0.05, 0.1) is 0 Å². The van der Waals surface area contributed by atoms with Crippen LogP contribution < -0.4 is 4.65 Å². The molecule has 0 aliphatic heterocycles. The quantitative estimate of drug-likeness (QED) is 0.645. The van der Waals surface area contributed by atoms with E-state index in [1.807, 2.05) is 30.3 Å². The van der Waals surface area contributed by atoms with Gasteiger partial charge in [-0.25, -0.2) is 24.3 Å². The molecule has 0 saturated carbocycles. The Labute approximate surface area is 102 Å². The standard InChI is InChI=1S/C5H6BO3.C5H5.Ru/c7-6(8)9-5-3-1-2-4-5;1-2-4-5-3-1;/h1-4,7-8H;1-5H;/q2*-1;+2. The van der Waals surface area contributed by atoms with Crippen LogP contribution in [0, 0.1) is 0 Å².